The summed E-state index contributed by atoms with van der Waals surface area (Å²) in [5, 5.41) is 0.555. The van der Waals surface area contributed by atoms with Gasteiger partial charge in [-0.3, -0.25) is 22.9 Å². The lowest BCUT2D eigenvalue weighted by molar-refractivity contribution is 0.637. The van der Waals surface area contributed by atoms with Crippen LogP contribution >= 0.6 is 11.6 Å². The molecule has 0 radical (unpaired) electrons. The van der Waals surface area contributed by atoms with E-state index in [0.717, 1.165) is 16.9 Å². The van der Waals surface area contributed by atoms with E-state index in [1.54, 1.807) is 18.4 Å². The maximum atomic E-state index is 13.1. The molecular formula is C22H18ClN5O2. The Hall–Kier alpha value is -3.58. The molecule has 0 unspecified atom stereocenters. The summed E-state index contributed by atoms with van der Waals surface area (Å²) in [5.74, 6) is 0.512. The second-order valence-electron chi connectivity index (χ2n) is 7.01. The minimum absolute atomic E-state index is 0.283. The lowest BCUT2D eigenvalue weighted by Crippen LogP contribution is -2.38. The molecule has 0 N–H and O–H groups in total. The van der Waals surface area contributed by atoms with Crippen molar-refractivity contribution in [2.75, 3.05) is 0 Å². The number of imidazole rings is 2. The van der Waals surface area contributed by atoms with Gasteiger partial charge in [0.25, 0.3) is 5.56 Å². The van der Waals surface area contributed by atoms with E-state index in [1.807, 2.05) is 65.4 Å². The molecule has 0 spiro atoms. The molecule has 0 amide bonds. The molecule has 3 heterocycles. The molecule has 0 saturated heterocycles. The number of rotatable bonds is 3. The third-order valence-corrected chi connectivity index (χ3v) is 5.65. The van der Waals surface area contributed by atoms with Crippen LogP contribution < -0.4 is 11.2 Å². The van der Waals surface area contributed by atoms with Crippen LogP contribution in [0.25, 0.3) is 33.9 Å². The highest BCUT2D eigenvalue weighted by atomic mass is 35.5. The van der Waals surface area contributed by atoms with Gasteiger partial charge in [0.2, 0.25) is 5.78 Å². The number of benzene rings is 2. The highest BCUT2D eigenvalue weighted by Crippen LogP contribution is 2.31. The van der Waals surface area contributed by atoms with Gasteiger partial charge in [0.15, 0.2) is 11.2 Å². The number of aromatic nitrogens is 5. The van der Waals surface area contributed by atoms with Gasteiger partial charge in [-0.2, -0.15) is 4.98 Å². The van der Waals surface area contributed by atoms with Gasteiger partial charge >= 0.3 is 5.69 Å². The molecular weight excluding hydrogens is 402 g/mol. The quantitative estimate of drug-likeness (QED) is 0.449. The van der Waals surface area contributed by atoms with Crippen molar-refractivity contribution in [3.8, 4) is 16.9 Å². The van der Waals surface area contributed by atoms with E-state index in [0.29, 0.717) is 22.0 Å². The van der Waals surface area contributed by atoms with E-state index < -0.39 is 0 Å². The molecule has 7 nitrogen and oxygen atoms in total. The topological polar surface area (TPSA) is 66.2 Å². The standard InChI is InChI=1S/C22H18ClN5O2/c1-3-26-20(29)18-19(25(2)22(26)30)24-21-27(18)13-17(14-9-5-4-6-10-14)28(21)16-12-8-7-11-15(16)23/h4-13H,3H2,1-2H3. The first-order valence-electron chi connectivity index (χ1n) is 9.56. The summed E-state index contributed by atoms with van der Waals surface area (Å²) in [7, 11) is 1.63. The Labute approximate surface area is 176 Å². The van der Waals surface area contributed by atoms with Gasteiger partial charge in [0.1, 0.15) is 0 Å². The van der Waals surface area contributed by atoms with E-state index in [2.05, 4.69) is 0 Å². The second kappa shape index (κ2) is 6.74. The molecule has 0 atom stereocenters. The average molecular weight is 420 g/mol. The maximum absolute atomic E-state index is 13.1. The van der Waals surface area contributed by atoms with Crippen LogP contribution in [0.1, 0.15) is 6.92 Å². The zero-order chi connectivity index (χ0) is 21.0. The Morgan fingerprint density at radius 3 is 2.40 bits per heavy atom. The van der Waals surface area contributed by atoms with Gasteiger partial charge in [-0.15, -0.1) is 0 Å². The van der Waals surface area contributed by atoms with Crippen molar-refractivity contribution in [3.63, 3.8) is 0 Å². The van der Waals surface area contributed by atoms with Crippen molar-refractivity contribution in [1.82, 2.24) is 23.1 Å². The molecule has 30 heavy (non-hydrogen) atoms. The van der Waals surface area contributed by atoms with Crippen molar-refractivity contribution >= 4 is 28.5 Å². The van der Waals surface area contributed by atoms with Crippen molar-refractivity contribution in [2.45, 2.75) is 13.5 Å². The smallest absolute Gasteiger partial charge is 0.279 e. The lowest BCUT2D eigenvalue weighted by Gasteiger charge is -2.10. The third-order valence-electron chi connectivity index (χ3n) is 5.33. The number of hydrogen-bond donors (Lipinski definition) is 0. The second-order valence-corrected chi connectivity index (χ2v) is 7.42. The van der Waals surface area contributed by atoms with Gasteiger partial charge < -0.3 is 0 Å². The van der Waals surface area contributed by atoms with Crippen molar-refractivity contribution in [1.29, 1.82) is 0 Å². The molecule has 0 saturated carbocycles. The van der Waals surface area contributed by atoms with Gasteiger partial charge in [0, 0.05) is 25.4 Å². The van der Waals surface area contributed by atoms with Crippen LogP contribution in [0, 0.1) is 0 Å². The molecule has 0 aliphatic heterocycles. The van der Waals surface area contributed by atoms with Crippen LogP contribution in [0.4, 0.5) is 0 Å². The normalized spacial score (nSPS) is 11.6. The molecule has 2 aromatic carbocycles. The number of halogens is 1. The zero-order valence-corrected chi connectivity index (χ0v) is 17.2. The molecule has 0 fully saturated rings. The van der Waals surface area contributed by atoms with Crippen molar-refractivity contribution < 1.29 is 0 Å². The number of aryl methyl sites for hydroxylation is 1. The van der Waals surface area contributed by atoms with Crippen LogP contribution in [0.2, 0.25) is 5.02 Å². The third kappa shape index (κ3) is 2.48. The average Bonchev–Trinajstić information content (AvgIpc) is 3.30. The molecule has 0 aliphatic rings. The zero-order valence-electron chi connectivity index (χ0n) is 16.4. The Morgan fingerprint density at radius 2 is 1.70 bits per heavy atom. The fourth-order valence-corrected chi connectivity index (χ4v) is 4.08. The van der Waals surface area contributed by atoms with Gasteiger partial charge in [0.05, 0.1) is 16.4 Å². The summed E-state index contributed by atoms with van der Waals surface area (Å²) in [6.45, 7) is 2.06. The van der Waals surface area contributed by atoms with Gasteiger partial charge in [-0.1, -0.05) is 54.1 Å². The fourth-order valence-electron chi connectivity index (χ4n) is 3.86. The highest BCUT2D eigenvalue weighted by molar-refractivity contribution is 6.32. The van der Waals surface area contributed by atoms with Crippen LogP contribution in [0.15, 0.2) is 70.4 Å². The maximum Gasteiger partial charge on any atom is 0.332 e. The largest absolute Gasteiger partial charge is 0.332 e. The number of hydrogen-bond acceptors (Lipinski definition) is 3. The summed E-state index contributed by atoms with van der Waals surface area (Å²) in [6, 6.07) is 17.3. The van der Waals surface area contributed by atoms with E-state index in [-0.39, 0.29) is 17.8 Å². The Balaban J connectivity index is 2.00. The molecule has 5 rings (SSSR count). The summed E-state index contributed by atoms with van der Waals surface area (Å²) in [6.07, 6.45) is 1.87. The van der Waals surface area contributed by atoms with Gasteiger partial charge in [-0.25, -0.2) is 4.79 Å². The first-order valence-corrected chi connectivity index (χ1v) is 9.94. The van der Waals surface area contributed by atoms with Crippen molar-refractivity contribution in [2.24, 2.45) is 7.05 Å². The molecule has 8 heteroatoms. The first-order chi connectivity index (χ1) is 14.5. The van der Waals surface area contributed by atoms with Crippen LogP contribution in [-0.4, -0.2) is 23.1 Å². The fraction of sp³-hybridized carbons (Fsp3) is 0.136. The van der Waals surface area contributed by atoms with Crippen LogP contribution in [0.3, 0.4) is 0 Å². The van der Waals surface area contributed by atoms with Crippen LogP contribution in [0.5, 0.6) is 0 Å². The molecule has 150 valence electrons. The van der Waals surface area contributed by atoms with Crippen molar-refractivity contribution in [3.05, 3.63) is 86.7 Å². The minimum Gasteiger partial charge on any atom is -0.279 e. The number of para-hydroxylation sites is 1. The Bertz CT molecular complexity index is 1540. The summed E-state index contributed by atoms with van der Waals surface area (Å²) in [4.78, 5) is 30.4. The minimum atomic E-state index is -0.386. The SMILES string of the molecule is CCn1c(=O)c2c(nc3n(-c4ccccc4Cl)c(-c4ccccc4)cn23)n(C)c1=O. The molecule has 5 aromatic rings. The number of fused-ring (bicyclic) bond motifs is 3. The molecule has 0 aliphatic carbocycles. The predicted octanol–water partition coefficient (Wildman–Crippen LogP) is 3.48. The summed E-state index contributed by atoms with van der Waals surface area (Å²) < 4.78 is 6.28. The first kappa shape index (κ1) is 18.4. The van der Waals surface area contributed by atoms with E-state index in [1.165, 1.54) is 9.13 Å². The molecule has 0 bridgehead atoms. The lowest BCUT2D eigenvalue weighted by atomic mass is 10.1. The van der Waals surface area contributed by atoms with E-state index in [4.69, 9.17) is 16.6 Å². The number of nitrogens with zero attached hydrogens (tertiary/aromatic N) is 5. The highest BCUT2D eigenvalue weighted by Gasteiger charge is 2.22. The van der Waals surface area contributed by atoms with Crippen LogP contribution in [-0.2, 0) is 13.6 Å². The van der Waals surface area contributed by atoms with E-state index in [9.17, 15) is 9.59 Å². The summed E-state index contributed by atoms with van der Waals surface area (Å²) >= 11 is 6.53. The predicted molar refractivity (Wildman–Crippen MR) is 118 cm³/mol. The summed E-state index contributed by atoms with van der Waals surface area (Å²) in [5.41, 5.74) is 2.48. The Kier molecular flexibility index (Phi) is 4.15. The molecule has 3 aromatic heterocycles. The monoisotopic (exact) mass is 419 g/mol. The van der Waals surface area contributed by atoms with Gasteiger partial charge in [-0.05, 0) is 19.1 Å². The van der Waals surface area contributed by atoms with E-state index >= 15 is 0 Å². The Morgan fingerprint density at radius 1 is 1.00 bits per heavy atom.